The normalized spacial score (nSPS) is 10.8. The monoisotopic (exact) mass is 262 g/mol. The Balaban J connectivity index is 2.02. The van der Waals surface area contributed by atoms with Crippen molar-refractivity contribution >= 4 is 11.6 Å². The average molecular weight is 263 g/mol. The highest BCUT2D eigenvalue weighted by atomic mass is 35.5. The highest BCUT2D eigenvalue weighted by Crippen LogP contribution is 2.26. The molecule has 90 valence electrons. The zero-order valence-corrected chi connectivity index (χ0v) is 10.0. The van der Waals surface area contributed by atoms with Gasteiger partial charge in [0.1, 0.15) is 0 Å². The van der Waals surface area contributed by atoms with Gasteiger partial charge in [-0.15, -0.1) is 0 Å². The van der Waals surface area contributed by atoms with Crippen molar-refractivity contribution in [2.75, 3.05) is 0 Å². The van der Waals surface area contributed by atoms with Crippen LogP contribution in [0, 0.1) is 6.92 Å². The third-order valence-corrected chi connectivity index (χ3v) is 2.58. The zero-order chi connectivity index (χ0) is 12.5. The van der Waals surface area contributed by atoms with Gasteiger partial charge in [0.05, 0.1) is 5.02 Å². The van der Waals surface area contributed by atoms with E-state index in [0.29, 0.717) is 22.2 Å². The number of benzene rings is 1. The van der Waals surface area contributed by atoms with Crippen LogP contribution in [-0.2, 0) is 0 Å². The quantitative estimate of drug-likeness (QED) is 0.707. The molecule has 7 heteroatoms. The third kappa shape index (κ3) is 1.86. The highest BCUT2D eigenvalue weighted by Gasteiger charge is 2.17. The van der Waals surface area contributed by atoms with E-state index in [1.807, 2.05) is 12.1 Å². The van der Waals surface area contributed by atoms with Gasteiger partial charge in [-0.3, -0.25) is 0 Å². The van der Waals surface area contributed by atoms with Crippen molar-refractivity contribution in [1.29, 1.82) is 0 Å². The molecule has 0 aliphatic carbocycles. The summed E-state index contributed by atoms with van der Waals surface area (Å²) in [5.74, 6) is 1.25. The molecule has 0 saturated heterocycles. The van der Waals surface area contributed by atoms with E-state index in [1.165, 1.54) is 0 Å². The fourth-order valence-corrected chi connectivity index (χ4v) is 1.67. The SMILES string of the molecule is Cc1noc(-c2nc(-c3ccccc3Cl)no2)n1. The second-order valence-corrected chi connectivity index (χ2v) is 3.96. The van der Waals surface area contributed by atoms with E-state index in [-0.39, 0.29) is 11.8 Å². The van der Waals surface area contributed by atoms with Gasteiger partial charge >= 0.3 is 11.8 Å². The molecule has 0 fully saturated rings. The summed E-state index contributed by atoms with van der Waals surface area (Å²) in [4.78, 5) is 8.17. The lowest BCUT2D eigenvalue weighted by Crippen LogP contribution is -1.82. The minimum absolute atomic E-state index is 0.172. The van der Waals surface area contributed by atoms with Crippen LogP contribution in [0.5, 0.6) is 0 Å². The molecule has 0 saturated carbocycles. The Kier molecular flexibility index (Phi) is 2.56. The van der Waals surface area contributed by atoms with Crippen molar-refractivity contribution in [3.8, 4) is 23.2 Å². The number of nitrogens with zero attached hydrogens (tertiary/aromatic N) is 4. The van der Waals surface area contributed by atoms with Crippen molar-refractivity contribution in [3.05, 3.63) is 35.1 Å². The minimum Gasteiger partial charge on any atom is -0.329 e. The van der Waals surface area contributed by atoms with Gasteiger partial charge in [0.2, 0.25) is 5.82 Å². The number of hydrogen-bond donors (Lipinski definition) is 0. The molecule has 3 aromatic rings. The molecule has 2 heterocycles. The first-order valence-corrected chi connectivity index (χ1v) is 5.51. The van der Waals surface area contributed by atoms with E-state index >= 15 is 0 Å². The van der Waals surface area contributed by atoms with E-state index in [1.54, 1.807) is 19.1 Å². The first-order chi connectivity index (χ1) is 8.74. The van der Waals surface area contributed by atoms with Crippen LogP contribution in [0.25, 0.3) is 23.2 Å². The van der Waals surface area contributed by atoms with Crippen molar-refractivity contribution in [3.63, 3.8) is 0 Å². The molecule has 0 unspecified atom stereocenters. The lowest BCUT2D eigenvalue weighted by atomic mass is 10.2. The molecule has 0 amide bonds. The molecular formula is C11H7ClN4O2. The standard InChI is InChI=1S/C11H7ClN4O2/c1-6-13-10(17-15-6)11-14-9(16-18-11)7-4-2-3-5-8(7)12/h2-5H,1H3. The van der Waals surface area contributed by atoms with Gasteiger partial charge in [0, 0.05) is 5.56 Å². The fourth-order valence-electron chi connectivity index (χ4n) is 1.45. The molecule has 0 aliphatic rings. The van der Waals surface area contributed by atoms with E-state index < -0.39 is 0 Å². The molecule has 2 aromatic heterocycles. The van der Waals surface area contributed by atoms with E-state index in [2.05, 4.69) is 20.3 Å². The molecule has 0 N–H and O–H groups in total. The number of aromatic nitrogens is 4. The van der Waals surface area contributed by atoms with Crippen LogP contribution in [0.2, 0.25) is 5.02 Å². The third-order valence-electron chi connectivity index (χ3n) is 2.25. The van der Waals surface area contributed by atoms with Crippen LogP contribution < -0.4 is 0 Å². The molecule has 0 bridgehead atoms. The number of aryl methyl sites for hydroxylation is 1. The number of halogens is 1. The first kappa shape index (κ1) is 10.9. The molecule has 0 spiro atoms. The summed E-state index contributed by atoms with van der Waals surface area (Å²) < 4.78 is 10.00. The summed E-state index contributed by atoms with van der Waals surface area (Å²) in [5, 5.41) is 8.03. The van der Waals surface area contributed by atoms with Gasteiger partial charge < -0.3 is 9.05 Å². The van der Waals surface area contributed by atoms with Crippen LogP contribution in [-0.4, -0.2) is 20.3 Å². The average Bonchev–Trinajstić information content (AvgIpc) is 2.98. The minimum atomic E-state index is 0.172. The van der Waals surface area contributed by atoms with Gasteiger partial charge in [-0.05, 0) is 19.1 Å². The maximum absolute atomic E-state index is 6.05. The highest BCUT2D eigenvalue weighted by molar-refractivity contribution is 6.33. The molecular weight excluding hydrogens is 256 g/mol. The van der Waals surface area contributed by atoms with Crippen molar-refractivity contribution in [2.24, 2.45) is 0 Å². The summed E-state index contributed by atoms with van der Waals surface area (Å²) in [5.41, 5.74) is 0.686. The van der Waals surface area contributed by atoms with Crippen LogP contribution in [0.4, 0.5) is 0 Å². The van der Waals surface area contributed by atoms with Gasteiger partial charge in [0.15, 0.2) is 5.82 Å². The second-order valence-electron chi connectivity index (χ2n) is 3.55. The summed E-state index contributed by atoms with van der Waals surface area (Å²) in [6.07, 6.45) is 0. The second kappa shape index (κ2) is 4.23. The van der Waals surface area contributed by atoms with E-state index in [4.69, 9.17) is 20.6 Å². The Labute approximate surface area is 107 Å². The predicted octanol–water partition coefficient (Wildman–Crippen LogP) is 2.75. The molecule has 18 heavy (non-hydrogen) atoms. The predicted molar refractivity (Wildman–Crippen MR) is 62.8 cm³/mol. The molecule has 0 aliphatic heterocycles. The maximum atomic E-state index is 6.05. The largest absolute Gasteiger partial charge is 0.329 e. The first-order valence-electron chi connectivity index (χ1n) is 5.13. The summed E-state index contributed by atoms with van der Waals surface area (Å²) in [6.45, 7) is 1.71. The van der Waals surface area contributed by atoms with Gasteiger partial charge in [-0.2, -0.15) is 9.97 Å². The van der Waals surface area contributed by atoms with E-state index in [9.17, 15) is 0 Å². The molecule has 6 nitrogen and oxygen atoms in total. The maximum Gasteiger partial charge on any atom is 0.316 e. The number of hydrogen-bond acceptors (Lipinski definition) is 6. The summed E-state index contributed by atoms with van der Waals surface area (Å²) >= 11 is 6.05. The number of rotatable bonds is 2. The molecule has 0 atom stereocenters. The molecule has 1 aromatic carbocycles. The van der Waals surface area contributed by atoms with Gasteiger partial charge in [-0.25, -0.2) is 0 Å². The van der Waals surface area contributed by atoms with Crippen molar-refractivity contribution in [2.45, 2.75) is 6.92 Å². The Morgan fingerprint density at radius 2 is 1.72 bits per heavy atom. The van der Waals surface area contributed by atoms with Crippen LogP contribution in [0.1, 0.15) is 5.82 Å². The Hall–Kier alpha value is -2.21. The smallest absolute Gasteiger partial charge is 0.316 e. The van der Waals surface area contributed by atoms with Crippen LogP contribution in [0.15, 0.2) is 33.3 Å². The van der Waals surface area contributed by atoms with E-state index in [0.717, 1.165) is 0 Å². The van der Waals surface area contributed by atoms with Gasteiger partial charge in [0.25, 0.3) is 0 Å². The molecule has 3 rings (SSSR count). The molecule has 0 radical (unpaired) electrons. The van der Waals surface area contributed by atoms with Crippen LogP contribution in [0.3, 0.4) is 0 Å². The lowest BCUT2D eigenvalue weighted by Gasteiger charge is -1.95. The van der Waals surface area contributed by atoms with Crippen molar-refractivity contribution in [1.82, 2.24) is 20.3 Å². The topological polar surface area (TPSA) is 77.8 Å². The van der Waals surface area contributed by atoms with Crippen molar-refractivity contribution < 1.29 is 9.05 Å². The lowest BCUT2D eigenvalue weighted by molar-refractivity contribution is 0.381. The zero-order valence-electron chi connectivity index (χ0n) is 9.29. The Morgan fingerprint density at radius 3 is 2.44 bits per heavy atom. The summed E-state index contributed by atoms with van der Waals surface area (Å²) in [6, 6.07) is 7.22. The fraction of sp³-hybridized carbons (Fsp3) is 0.0909. The van der Waals surface area contributed by atoms with Gasteiger partial charge in [-0.1, -0.05) is 34.0 Å². The van der Waals surface area contributed by atoms with Crippen LogP contribution >= 0.6 is 11.6 Å². The Morgan fingerprint density at radius 1 is 1.00 bits per heavy atom. The summed E-state index contributed by atoms with van der Waals surface area (Å²) in [7, 11) is 0. The Bertz CT molecular complexity index is 692.